The first-order valence-corrected chi connectivity index (χ1v) is 14.5. The molecule has 6 heteroatoms. The molecule has 1 heterocycles. The molecule has 0 fully saturated rings. The number of nitrogens with zero attached hydrogens (tertiary/aromatic N) is 1. The zero-order valence-electron chi connectivity index (χ0n) is 22.6. The van der Waals surface area contributed by atoms with E-state index in [1.165, 1.54) is 11.1 Å². The molecule has 0 radical (unpaired) electrons. The van der Waals surface area contributed by atoms with Crippen molar-refractivity contribution in [3.05, 3.63) is 89.5 Å². The maximum absolute atomic E-state index is 12.6. The summed E-state index contributed by atoms with van der Waals surface area (Å²) in [6.07, 6.45) is 1.96. The number of hydrogen-bond donors (Lipinski definition) is 0. The molecule has 37 heavy (non-hydrogen) atoms. The fraction of sp³-hybridized carbons (Fsp3) is 0.419. The minimum Gasteiger partial charge on any atom is -0.473 e. The largest absolute Gasteiger partial charge is 0.473 e. The lowest BCUT2D eigenvalue weighted by atomic mass is 9.84. The van der Waals surface area contributed by atoms with Crippen molar-refractivity contribution >= 4 is 15.8 Å². The molecule has 1 aliphatic rings. The number of hydrogen-bond acceptors (Lipinski definition) is 5. The van der Waals surface area contributed by atoms with Gasteiger partial charge in [0, 0.05) is 17.8 Å². The number of rotatable bonds is 9. The minimum absolute atomic E-state index is 0.154. The van der Waals surface area contributed by atoms with Crippen LogP contribution >= 0.6 is 0 Å². The summed E-state index contributed by atoms with van der Waals surface area (Å²) in [7, 11) is -3.76. The Morgan fingerprint density at radius 3 is 2.30 bits per heavy atom. The monoisotopic (exact) mass is 521 g/mol. The summed E-state index contributed by atoms with van der Waals surface area (Å²) in [5.74, 6) is 1.64. The molecule has 2 unspecified atom stereocenters. The molecule has 0 bridgehead atoms. The summed E-state index contributed by atoms with van der Waals surface area (Å²) >= 11 is 0. The van der Waals surface area contributed by atoms with E-state index in [1.807, 2.05) is 39.0 Å². The molecule has 198 valence electrons. The summed E-state index contributed by atoms with van der Waals surface area (Å²) in [6.45, 7) is 11.8. The van der Waals surface area contributed by atoms with Gasteiger partial charge in [0.25, 0.3) is 10.1 Å². The van der Waals surface area contributed by atoms with Crippen LogP contribution < -0.4 is 9.64 Å². The van der Waals surface area contributed by atoms with Crippen LogP contribution in [-0.2, 0) is 20.8 Å². The van der Waals surface area contributed by atoms with Gasteiger partial charge in [0.15, 0.2) is 6.73 Å². The molecule has 4 rings (SSSR count). The molecule has 0 aromatic heterocycles. The molecule has 5 nitrogen and oxygen atoms in total. The number of para-hydroxylation sites is 1. The third kappa shape index (κ3) is 6.93. The Balaban J connectivity index is 1.44. The summed E-state index contributed by atoms with van der Waals surface area (Å²) in [6, 6.07) is 24.1. The molecular formula is C31H39NO4S. The van der Waals surface area contributed by atoms with Gasteiger partial charge in [0.1, 0.15) is 5.75 Å². The van der Waals surface area contributed by atoms with Gasteiger partial charge in [0.05, 0.1) is 11.5 Å². The van der Waals surface area contributed by atoms with Crippen molar-refractivity contribution in [3.8, 4) is 5.75 Å². The second-order valence-electron chi connectivity index (χ2n) is 11.3. The molecular weight excluding hydrogens is 482 g/mol. The third-order valence-electron chi connectivity index (χ3n) is 6.93. The fourth-order valence-electron chi connectivity index (χ4n) is 4.70. The third-order valence-corrected chi connectivity index (χ3v) is 8.21. The van der Waals surface area contributed by atoms with E-state index in [1.54, 1.807) is 12.1 Å². The van der Waals surface area contributed by atoms with E-state index in [0.717, 1.165) is 36.4 Å². The summed E-state index contributed by atoms with van der Waals surface area (Å²) in [5.41, 5.74) is 4.59. The van der Waals surface area contributed by atoms with Crippen molar-refractivity contribution < 1.29 is 17.3 Å². The second kappa shape index (κ2) is 11.3. The Bertz CT molecular complexity index is 1280. The average molecular weight is 522 g/mol. The number of fused-ring (bicyclic) bond motifs is 1. The Hall–Kier alpha value is -2.83. The van der Waals surface area contributed by atoms with Crippen molar-refractivity contribution in [1.82, 2.24) is 0 Å². The van der Waals surface area contributed by atoms with Crippen molar-refractivity contribution in [3.63, 3.8) is 0 Å². The molecule has 1 aliphatic heterocycles. The number of benzene rings is 3. The molecule has 0 N–H and O–H groups in total. The molecule has 0 aliphatic carbocycles. The van der Waals surface area contributed by atoms with Gasteiger partial charge in [-0.1, -0.05) is 77.1 Å². The van der Waals surface area contributed by atoms with Crippen LogP contribution in [0.1, 0.15) is 76.0 Å². The van der Waals surface area contributed by atoms with Crippen molar-refractivity contribution in [2.24, 2.45) is 5.41 Å². The van der Waals surface area contributed by atoms with Crippen LogP contribution in [-0.4, -0.2) is 21.8 Å². The first-order valence-electron chi connectivity index (χ1n) is 13.1. The summed E-state index contributed by atoms with van der Waals surface area (Å²) in [5, 5.41) is 0. The van der Waals surface area contributed by atoms with Gasteiger partial charge in [-0.25, -0.2) is 0 Å². The summed E-state index contributed by atoms with van der Waals surface area (Å²) in [4.78, 5) is 2.45. The molecule has 2 atom stereocenters. The van der Waals surface area contributed by atoms with Crippen LogP contribution in [0.25, 0.3) is 0 Å². The number of ether oxygens (including phenoxy) is 1. The summed E-state index contributed by atoms with van der Waals surface area (Å²) < 4.78 is 36.5. The quantitative estimate of drug-likeness (QED) is 0.273. The highest BCUT2D eigenvalue weighted by molar-refractivity contribution is 7.86. The topological polar surface area (TPSA) is 55.8 Å². The smallest absolute Gasteiger partial charge is 0.296 e. The standard InChI is InChI=1S/C31H39NO4S/c1-6-24(25-12-15-29(16-13-25)37(33,34)36-21-31(3,4)5)18-23(2)26-14-17-30-27(19-26)20-32(22-35-30)28-10-8-7-9-11-28/h7-17,19,23-24H,6,18,20-22H2,1-5H3. The predicted molar refractivity (Wildman–Crippen MR) is 150 cm³/mol. The fourth-order valence-corrected chi connectivity index (χ4v) is 5.82. The van der Waals surface area contributed by atoms with E-state index in [4.69, 9.17) is 8.92 Å². The normalized spacial score (nSPS) is 15.5. The van der Waals surface area contributed by atoms with E-state index in [-0.39, 0.29) is 16.9 Å². The molecule has 0 spiro atoms. The number of anilines is 1. The average Bonchev–Trinajstić information content (AvgIpc) is 2.90. The van der Waals surface area contributed by atoms with Crippen LogP contribution in [0.15, 0.2) is 77.7 Å². The van der Waals surface area contributed by atoms with E-state index < -0.39 is 10.1 Å². The van der Waals surface area contributed by atoms with Gasteiger partial charge in [-0.2, -0.15) is 8.42 Å². The maximum Gasteiger partial charge on any atom is 0.296 e. The maximum atomic E-state index is 12.6. The first-order chi connectivity index (χ1) is 17.6. The van der Waals surface area contributed by atoms with Gasteiger partial charge in [-0.3, -0.25) is 4.18 Å². The highest BCUT2D eigenvalue weighted by Crippen LogP contribution is 2.36. The van der Waals surface area contributed by atoms with E-state index >= 15 is 0 Å². The Labute approximate surface area is 222 Å². The molecule has 0 amide bonds. The lowest BCUT2D eigenvalue weighted by Crippen LogP contribution is -2.31. The van der Waals surface area contributed by atoms with E-state index in [0.29, 0.717) is 18.6 Å². The van der Waals surface area contributed by atoms with E-state index in [2.05, 4.69) is 61.2 Å². The van der Waals surface area contributed by atoms with Gasteiger partial charge < -0.3 is 9.64 Å². The SMILES string of the molecule is CCC(CC(C)c1ccc2c(c1)CN(c1ccccc1)CO2)c1ccc(S(=O)(=O)OCC(C)(C)C)cc1. The van der Waals surface area contributed by atoms with Crippen LogP contribution in [0.3, 0.4) is 0 Å². The van der Waals surface area contributed by atoms with Gasteiger partial charge in [-0.05, 0) is 71.6 Å². The van der Waals surface area contributed by atoms with Gasteiger partial charge >= 0.3 is 0 Å². The van der Waals surface area contributed by atoms with Gasteiger partial charge in [-0.15, -0.1) is 0 Å². The highest BCUT2D eigenvalue weighted by Gasteiger charge is 2.23. The van der Waals surface area contributed by atoms with Crippen LogP contribution in [0.4, 0.5) is 5.69 Å². The van der Waals surface area contributed by atoms with Crippen LogP contribution in [0.5, 0.6) is 5.75 Å². The Morgan fingerprint density at radius 2 is 1.65 bits per heavy atom. The van der Waals surface area contributed by atoms with Crippen LogP contribution in [0, 0.1) is 5.41 Å². The van der Waals surface area contributed by atoms with Gasteiger partial charge in [0.2, 0.25) is 0 Å². The zero-order valence-corrected chi connectivity index (χ0v) is 23.4. The lowest BCUT2D eigenvalue weighted by Gasteiger charge is -2.31. The molecule has 0 saturated carbocycles. The minimum atomic E-state index is -3.76. The molecule has 3 aromatic rings. The Kier molecular flexibility index (Phi) is 8.29. The molecule has 3 aromatic carbocycles. The second-order valence-corrected chi connectivity index (χ2v) is 12.9. The van der Waals surface area contributed by atoms with Crippen LogP contribution in [0.2, 0.25) is 0 Å². The Morgan fingerprint density at radius 1 is 0.973 bits per heavy atom. The predicted octanol–water partition coefficient (Wildman–Crippen LogP) is 7.48. The van der Waals surface area contributed by atoms with Crippen molar-refractivity contribution in [2.75, 3.05) is 18.2 Å². The van der Waals surface area contributed by atoms with E-state index in [9.17, 15) is 8.42 Å². The van der Waals surface area contributed by atoms with Crippen molar-refractivity contribution in [1.29, 1.82) is 0 Å². The zero-order chi connectivity index (χ0) is 26.6. The highest BCUT2D eigenvalue weighted by atomic mass is 32.2. The molecule has 0 saturated heterocycles. The van der Waals surface area contributed by atoms with Crippen molar-refractivity contribution in [2.45, 2.75) is 70.7 Å². The lowest BCUT2D eigenvalue weighted by molar-refractivity contribution is 0.203. The first kappa shape index (κ1) is 27.2.